The van der Waals surface area contributed by atoms with Crippen molar-refractivity contribution in [2.24, 2.45) is 33.9 Å². The Morgan fingerprint density at radius 1 is 0.905 bits per heavy atom. The number of aryl methyl sites for hydroxylation is 1. The van der Waals surface area contributed by atoms with Crippen molar-refractivity contribution in [2.45, 2.75) is 47.0 Å². The molecule has 1 aromatic carbocycles. The second-order valence-corrected chi connectivity index (χ2v) is 6.72. The van der Waals surface area contributed by atoms with E-state index in [0.717, 1.165) is 11.8 Å². The van der Waals surface area contributed by atoms with Crippen molar-refractivity contribution in [2.75, 3.05) is 0 Å². The lowest BCUT2D eigenvalue weighted by molar-refractivity contribution is 0.431. The van der Waals surface area contributed by atoms with E-state index in [9.17, 15) is 0 Å². The molecule has 0 aromatic heterocycles. The molecule has 21 heavy (non-hydrogen) atoms. The molecule has 2 nitrogen and oxygen atoms in total. The minimum Gasteiger partial charge on any atom is -0.160 e. The predicted octanol–water partition coefficient (Wildman–Crippen LogP) is 4.86. The van der Waals surface area contributed by atoms with Crippen LogP contribution in [0, 0.1) is 30.6 Å². The van der Waals surface area contributed by atoms with E-state index in [1.165, 1.54) is 41.8 Å². The van der Waals surface area contributed by atoms with E-state index in [2.05, 4.69) is 62.2 Å². The number of rotatable bonds is 3. The van der Waals surface area contributed by atoms with Gasteiger partial charge in [-0.15, -0.1) is 0 Å². The van der Waals surface area contributed by atoms with Crippen molar-refractivity contribution in [3.05, 3.63) is 35.4 Å². The van der Waals surface area contributed by atoms with Crippen LogP contribution < -0.4 is 0 Å². The van der Waals surface area contributed by atoms with Gasteiger partial charge in [0.25, 0.3) is 0 Å². The highest BCUT2D eigenvalue weighted by Crippen LogP contribution is 2.48. The molecule has 1 aliphatic heterocycles. The van der Waals surface area contributed by atoms with Crippen LogP contribution in [0.15, 0.2) is 34.5 Å². The first-order valence-electron chi connectivity index (χ1n) is 8.34. The highest BCUT2D eigenvalue weighted by Gasteiger charge is 2.47. The van der Waals surface area contributed by atoms with Gasteiger partial charge < -0.3 is 0 Å². The molecule has 1 heterocycles. The Balaban J connectivity index is 2.02. The normalized spacial score (nSPS) is 31.6. The summed E-state index contributed by atoms with van der Waals surface area (Å²) in [6, 6.07) is 8.80. The SMILES string of the molecule is CCC1CC(CC)C2C(c3ccc(C)cc3)=NN=C(C)C12. The van der Waals surface area contributed by atoms with E-state index in [4.69, 9.17) is 0 Å². The Labute approximate surface area is 128 Å². The van der Waals surface area contributed by atoms with Gasteiger partial charge in [0.1, 0.15) is 0 Å². The zero-order valence-corrected chi connectivity index (χ0v) is 13.6. The van der Waals surface area contributed by atoms with Gasteiger partial charge in [-0.2, -0.15) is 10.2 Å². The van der Waals surface area contributed by atoms with E-state index in [1.807, 2.05) is 0 Å². The molecule has 3 rings (SSSR count). The average molecular weight is 282 g/mol. The fourth-order valence-corrected chi connectivity index (χ4v) is 4.34. The molecule has 1 saturated carbocycles. The average Bonchev–Trinajstić information content (AvgIpc) is 2.88. The quantitative estimate of drug-likeness (QED) is 0.756. The van der Waals surface area contributed by atoms with Crippen molar-refractivity contribution in [1.29, 1.82) is 0 Å². The first kappa shape index (κ1) is 14.5. The third kappa shape index (κ3) is 2.45. The number of hydrogen-bond donors (Lipinski definition) is 0. The molecule has 1 fully saturated rings. The summed E-state index contributed by atoms with van der Waals surface area (Å²) >= 11 is 0. The standard InChI is InChI=1S/C19H26N2/c1-5-14-11-15(6-2)18-17(14)13(4)20-21-19(18)16-9-7-12(3)8-10-16/h7-10,14-15,17-18H,5-6,11H2,1-4H3. The zero-order valence-electron chi connectivity index (χ0n) is 13.6. The largest absolute Gasteiger partial charge is 0.160 e. The zero-order chi connectivity index (χ0) is 15.0. The van der Waals surface area contributed by atoms with Crippen molar-refractivity contribution in [1.82, 2.24) is 0 Å². The lowest BCUT2D eigenvalue weighted by atomic mass is 9.77. The molecule has 4 unspecified atom stereocenters. The van der Waals surface area contributed by atoms with Crippen molar-refractivity contribution >= 4 is 11.4 Å². The first-order valence-corrected chi connectivity index (χ1v) is 8.34. The summed E-state index contributed by atoms with van der Waals surface area (Å²) in [6.45, 7) is 8.96. The fourth-order valence-electron chi connectivity index (χ4n) is 4.34. The lowest BCUT2D eigenvalue weighted by Crippen LogP contribution is -2.34. The van der Waals surface area contributed by atoms with Gasteiger partial charge in [-0.25, -0.2) is 0 Å². The molecule has 0 spiro atoms. The smallest absolute Gasteiger partial charge is 0.0742 e. The van der Waals surface area contributed by atoms with Crippen LogP contribution in [0.25, 0.3) is 0 Å². The molecule has 1 aliphatic carbocycles. The Morgan fingerprint density at radius 2 is 1.52 bits per heavy atom. The Bertz CT molecular complexity index is 568. The topological polar surface area (TPSA) is 24.7 Å². The fraction of sp³-hybridized carbons (Fsp3) is 0.579. The van der Waals surface area contributed by atoms with Gasteiger partial charge in [-0.05, 0) is 37.7 Å². The minimum absolute atomic E-state index is 0.570. The van der Waals surface area contributed by atoms with Crippen LogP contribution in [0.5, 0.6) is 0 Å². The molecular weight excluding hydrogens is 256 g/mol. The minimum atomic E-state index is 0.570. The summed E-state index contributed by atoms with van der Waals surface area (Å²) in [5.41, 5.74) is 5.05. The third-order valence-electron chi connectivity index (χ3n) is 5.52. The van der Waals surface area contributed by atoms with Crippen molar-refractivity contribution in [3.63, 3.8) is 0 Å². The van der Waals surface area contributed by atoms with E-state index in [0.29, 0.717) is 11.8 Å². The molecule has 0 saturated heterocycles. The molecule has 112 valence electrons. The highest BCUT2D eigenvalue weighted by atomic mass is 15.2. The van der Waals surface area contributed by atoms with Crippen LogP contribution in [0.3, 0.4) is 0 Å². The summed E-state index contributed by atoms with van der Waals surface area (Å²) in [5, 5.41) is 9.15. The van der Waals surface area contributed by atoms with Crippen LogP contribution in [0.2, 0.25) is 0 Å². The Morgan fingerprint density at radius 3 is 2.14 bits per heavy atom. The van der Waals surface area contributed by atoms with Gasteiger partial charge in [0, 0.05) is 17.5 Å². The van der Waals surface area contributed by atoms with Gasteiger partial charge in [-0.3, -0.25) is 0 Å². The van der Waals surface area contributed by atoms with Crippen molar-refractivity contribution < 1.29 is 0 Å². The monoisotopic (exact) mass is 282 g/mol. The summed E-state index contributed by atoms with van der Waals surface area (Å²) < 4.78 is 0. The molecule has 2 aliphatic rings. The van der Waals surface area contributed by atoms with Crippen LogP contribution in [-0.4, -0.2) is 11.4 Å². The molecule has 0 amide bonds. The Hall–Kier alpha value is -1.44. The predicted molar refractivity (Wildman–Crippen MR) is 90.0 cm³/mol. The summed E-state index contributed by atoms with van der Waals surface area (Å²) in [6.07, 6.45) is 3.83. The van der Waals surface area contributed by atoms with E-state index < -0.39 is 0 Å². The van der Waals surface area contributed by atoms with Crippen LogP contribution >= 0.6 is 0 Å². The van der Waals surface area contributed by atoms with Gasteiger partial charge in [0.05, 0.1) is 5.71 Å². The summed E-state index contributed by atoms with van der Waals surface area (Å²) in [4.78, 5) is 0. The molecule has 4 atom stereocenters. The first-order chi connectivity index (χ1) is 10.2. The van der Waals surface area contributed by atoms with E-state index >= 15 is 0 Å². The van der Waals surface area contributed by atoms with Gasteiger partial charge in [0.2, 0.25) is 0 Å². The van der Waals surface area contributed by atoms with Crippen LogP contribution in [0.1, 0.15) is 51.2 Å². The van der Waals surface area contributed by atoms with E-state index in [-0.39, 0.29) is 0 Å². The number of fused-ring (bicyclic) bond motifs is 1. The molecule has 0 radical (unpaired) electrons. The van der Waals surface area contributed by atoms with E-state index in [1.54, 1.807) is 0 Å². The second-order valence-electron chi connectivity index (χ2n) is 6.72. The molecule has 0 bridgehead atoms. The third-order valence-corrected chi connectivity index (χ3v) is 5.52. The molecule has 1 aromatic rings. The summed E-state index contributed by atoms with van der Waals surface area (Å²) in [5.74, 6) is 2.71. The number of benzene rings is 1. The molecule has 0 N–H and O–H groups in total. The van der Waals surface area contributed by atoms with Gasteiger partial charge >= 0.3 is 0 Å². The van der Waals surface area contributed by atoms with Crippen molar-refractivity contribution in [3.8, 4) is 0 Å². The number of nitrogens with zero attached hydrogens (tertiary/aromatic N) is 2. The lowest BCUT2D eigenvalue weighted by Gasteiger charge is -2.30. The van der Waals surface area contributed by atoms with Gasteiger partial charge in [-0.1, -0.05) is 56.5 Å². The number of hydrogen-bond acceptors (Lipinski definition) is 2. The maximum atomic E-state index is 4.62. The Kier molecular flexibility index (Phi) is 3.97. The maximum absolute atomic E-state index is 4.62. The maximum Gasteiger partial charge on any atom is 0.0742 e. The van der Waals surface area contributed by atoms with Crippen LogP contribution in [0.4, 0.5) is 0 Å². The molecular formula is C19H26N2. The van der Waals surface area contributed by atoms with Crippen LogP contribution in [-0.2, 0) is 0 Å². The second kappa shape index (κ2) is 5.75. The summed E-state index contributed by atoms with van der Waals surface area (Å²) in [7, 11) is 0. The highest BCUT2D eigenvalue weighted by molar-refractivity contribution is 6.07. The van der Waals surface area contributed by atoms with Gasteiger partial charge in [0.15, 0.2) is 0 Å². The molecule has 2 heteroatoms.